The van der Waals surface area contributed by atoms with Crippen molar-refractivity contribution in [3.8, 4) is 0 Å². The molecule has 2 amide bonds. The van der Waals surface area contributed by atoms with Crippen LogP contribution < -0.4 is 0 Å². The van der Waals surface area contributed by atoms with Crippen LogP contribution in [-0.2, 0) is 27.7 Å². The molecule has 4 aliphatic heterocycles. The zero-order valence-corrected chi connectivity index (χ0v) is 34.7. The summed E-state index contributed by atoms with van der Waals surface area (Å²) in [4.78, 5) is 58.7. The van der Waals surface area contributed by atoms with Gasteiger partial charge >= 0.3 is 12.1 Å². The van der Waals surface area contributed by atoms with Gasteiger partial charge in [0.25, 0.3) is 0 Å². The molecule has 4 fully saturated rings. The molecule has 0 spiro atoms. The fourth-order valence-electron chi connectivity index (χ4n) is 8.69. The first-order valence-electron chi connectivity index (χ1n) is 19.5. The molecule has 0 unspecified atom stereocenters. The maximum Gasteiger partial charge on any atom is 0.353 e. The van der Waals surface area contributed by atoms with Crippen LogP contribution in [0, 0.1) is 5.41 Å². The zero-order valence-electron chi connectivity index (χ0n) is 32.7. The van der Waals surface area contributed by atoms with Gasteiger partial charge in [0.1, 0.15) is 48.1 Å². The minimum atomic E-state index is -1.77. The lowest BCUT2D eigenvalue weighted by Crippen LogP contribution is -2.58. The Morgan fingerprint density at radius 1 is 0.702 bits per heavy atom. The highest BCUT2D eigenvalue weighted by Crippen LogP contribution is 2.37. The molecule has 8 rings (SSSR count). The monoisotopic (exact) mass is 811 g/mol. The van der Waals surface area contributed by atoms with Crippen molar-refractivity contribution in [2.45, 2.75) is 109 Å². The van der Waals surface area contributed by atoms with E-state index in [4.69, 9.17) is 15.1 Å². The fraction of sp³-hybridized carbons (Fsp3) is 0.463. The van der Waals surface area contributed by atoms with Gasteiger partial charge in [-0.05, 0) is 42.9 Å². The molecule has 0 radical (unpaired) electrons. The highest BCUT2D eigenvalue weighted by molar-refractivity contribution is 6.80. The molecule has 2 aromatic heterocycles. The quantitative estimate of drug-likeness (QED) is 0.149. The minimum absolute atomic E-state index is 0. The van der Waals surface area contributed by atoms with Crippen LogP contribution >= 0.6 is 0 Å². The topological polar surface area (TPSA) is 142 Å². The van der Waals surface area contributed by atoms with Crippen molar-refractivity contribution in [1.29, 1.82) is 5.41 Å². The predicted octanol–water partition coefficient (Wildman–Crippen LogP) is 6.90. The maximum atomic E-state index is 13.1. The van der Waals surface area contributed by atoms with Crippen LogP contribution in [0.25, 0.3) is 0 Å². The Balaban J connectivity index is 0.000000189. The molecule has 6 heterocycles. The molecule has 57 heavy (non-hydrogen) atoms. The lowest BCUT2D eigenvalue weighted by atomic mass is 9.98. The number of rotatable bonds is 8. The summed E-state index contributed by atoms with van der Waals surface area (Å²) < 4.78 is 7.79. The van der Waals surface area contributed by atoms with Crippen molar-refractivity contribution < 1.29 is 24.1 Å². The first-order chi connectivity index (χ1) is 26.9. The van der Waals surface area contributed by atoms with Crippen LogP contribution in [0.4, 0.5) is 9.59 Å². The molecule has 4 aromatic rings. The van der Waals surface area contributed by atoms with Crippen molar-refractivity contribution >= 4 is 40.0 Å². The maximum absolute atomic E-state index is 13.1. The zero-order chi connectivity index (χ0) is 39.5. The summed E-state index contributed by atoms with van der Waals surface area (Å²) in [6.07, 6.45) is 12.7. The highest BCUT2D eigenvalue weighted by Gasteiger charge is 2.51. The van der Waals surface area contributed by atoms with Gasteiger partial charge < -0.3 is 14.5 Å². The number of benzene rings is 2. The number of amides is 2. The predicted molar refractivity (Wildman–Crippen MR) is 223 cm³/mol. The van der Waals surface area contributed by atoms with Gasteiger partial charge in [-0.1, -0.05) is 94.3 Å². The number of carbonyl (C=O) groups is 3. The number of fused-ring (bicyclic) bond motifs is 2. The number of carbonyl (C=O) groups excluding carboxylic acids is 3. The van der Waals surface area contributed by atoms with Crippen LogP contribution in [0.3, 0.4) is 0 Å². The molecule has 0 aliphatic carbocycles. The van der Waals surface area contributed by atoms with Gasteiger partial charge in [-0.3, -0.25) is 23.6 Å². The number of ketones is 1. The van der Waals surface area contributed by atoms with Crippen LogP contribution in [0.2, 0.25) is 38.3 Å². The minimum Gasteiger partial charge on any atom is -0.314 e. The van der Waals surface area contributed by atoms with Crippen molar-refractivity contribution in [3.63, 3.8) is 0 Å². The molecule has 1 N–H and O–H groups in total. The van der Waals surface area contributed by atoms with E-state index in [0.29, 0.717) is 31.6 Å². The summed E-state index contributed by atoms with van der Waals surface area (Å²) in [6, 6.07) is 21.0. The number of Topliss-reactive ketones (excluding diaryl/α,β-unsaturated/α-hetero) is 1. The lowest BCUT2D eigenvalue weighted by Gasteiger charge is -2.44. The Hall–Kier alpha value is -4.59. The number of piperidine rings is 2. The number of nitrogens with one attached hydrogen (secondary N) is 1. The number of nitrogens with zero attached hydrogens (tertiary/aromatic N) is 8. The van der Waals surface area contributed by atoms with E-state index in [2.05, 4.69) is 45.3 Å². The molecule has 4 saturated heterocycles. The Labute approximate surface area is 338 Å². The molecule has 0 bridgehead atoms. The summed E-state index contributed by atoms with van der Waals surface area (Å²) >= 11 is 0. The van der Waals surface area contributed by atoms with Gasteiger partial charge in [-0.25, -0.2) is 19.6 Å². The second-order valence-corrected chi connectivity index (χ2v) is 25.5. The summed E-state index contributed by atoms with van der Waals surface area (Å²) in [6.45, 7) is 11.2. The van der Waals surface area contributed by atoms with E-state index in [1.165, 1.54) is 31.9 Å². The molecule has 2 aromatic carbocycles. The molecule has 16 heteroatoms. The Morgan fingerprint density at radius 2 is 1.14 bits per heavy atom. The van der Waals surface area contributed by atoms with Gasteiger partial charge in [-0.15, -0.1) is 0 Å². The van der Waals surface area contributed by atoms with Crippen LogP contribution in [0.15, 0.2) is 98.1 Å². The van der Waals surface area contributed by atoms with E-state index in [0.717, 1.165) is 55.1 Å². The Bertz CT molecular complexity index is 1820. The lowest BCUT2D eigenvalue weighted by molar-refractivity contribution is -0.163. The van der Waals surface area contributed by atoms with E-state index >= 15 is 0 Å². The summed E-state index contributed by atoms with van der Waals surface area (Å²) in [5, 5.41) is 11.4. The van der Waals surface area contributed by atoms with Gasteiger partial charge in [-0.2, -0.15) is 10.1 Å². The van der Waals surface area contributed by atoms with Gasteiger partial charge in [0, 0.05) is 55.7 Å². The number of hydrogen-bond acceptors (Lipinski definition) is 10. The molecule has 0 saturated carbocycles. The van der Waals surface area contributed by atoms with Crippen LogP contribution in [0.1, 0.15) is 44.2 Å². The van der Waals surface area contributed by atoms with Gasteiger partial charge in [0.15, 0.2) is 0 Å². The van der Waals surface area contributed by atoms with Crippen LogP contribution in [-0.4, -0.2) is 116 Å². The third-order valence-corrected chi connectivity index (χ3v) is 18.1. The Morgan fingerprint density at radius 3 is 1.60 bits per heavy atom. The SMILES string of the molecule is C.C[Si]1(C)CC(=N)[C@@H]2CC[C@@H](N(OCc3ccccc3)C(=O)n3ccnc3)CN21.C[Si]1(C)CC(=O)[C@@H]2CC[C@@H](N(OCc3ccccc3)C(=O)n3ccnc3)CN21. The smallest absolute Gasteiger partial charge is 0.314 e. The third kappa shape index (κ3) is 9.42. The van der Waals surface area contributed by atoms with Crippen molar-refractivity contribution in [3.05, 3.63) is 109 Å². The van der Waals surface area contributed by atoms with Gasteiger partial charge in [0.05, 0.1) is 18.1 Å². The van der Waals surface area contributed by atoms with E-state index in [9.17, 15) is 14.4 Å². The molecular weight excluding hydrogens is 755 g/mol. The molecular formula is C41H57N9O5Si2. The van der Waals surface area contributed by atoms with Gasteiger partial charge in [0.2, 0.25) is 0 Å². The molecule has 4 aliphatic rings. The number of hydrogen-bond donors (Lipinski definition) is 1. The summed E-state index contributed by atoms with van der Waals surface area (Å²) in [7, 11) is -3.41. The number of aromatic nitrogens is 4. The largest absolute Gasteiger partial charge is 0.353 e. The normalized spacial score (nSPS) is 23.7. The fourth-order valence-corrected chi connectivity index (χ4v) is 15.0. The summed E-state index contributed by atoms with van der Waals surface area (Å²) in [5.74, 6) is 0.368. The molecule has 4 atom stereocenters. The summed E-state index contributed by atoms with van der Waals surface area (Å²) in [5.41, 5.74) is 2.90. The second kappa shape index (κ2) is 17.9. The molecule has 14 nitrogen and oxygen atoms in total. The van der Waals surface area contributed by atoms with Crippen LogP contribution in [0.5, 0.6) is 0 Å². The van der Waals surface area contributed by atoms with Crippen molar-refractivity contribution in [2.24, 2.45) is 0 Å². The standard InChI is InChI=1S/C20H27N5O2Si.C20H26N4O3Si.CH4/c1-28(2)14-18(21)19-9-8-17(12-24(19)28)25(20(26)23-11-10-22-15-23)27-13-16-6-4-3-5-7-16;1-28(2)14-19(25)18-9-8-17(12-23(18)28)24(20(26)22-11-10-21-15-22)27-13-16-6-4-3-5-7-16;/h3-7,10-11,15,17,19,21H,8-9,12-14H2,1-2H3;3-7,10-11,15,17-18H,8-9,12-14H2,1-2H3;1H4/t17-,19+;17-,18+;/m11./s1. The first-order valence-corrected chi connectivity index (χ1v) is 25.8. The van der Waals surface area contributed by atoms with Crippen molar-refractivity contribution in [2.75, 3.05) is 13.1 Å². The third-order valence-electron chi connectivity index (χ3n) is 11.6. The van der Waals surface area contributed by atoms with Crippen molar-refractivity contribution in [1.82, 2.24) is 38.4 Å². The highest BCUT2D eigenvalue weighted by atomic mass is 28.3. The molecule has 304 valence electrons. The van der Waals surface area contributed by atoms with E-state index in [1.54, 1.807) is 24.8 Å². The number of hydroxylamine groups is 4. The first kappa shape index (κ1) is 42.0. The van der Waals surface area contributed by atoms with E-state index in [1.807, 2.05) is 60.7 Å². The Kier molecular flexibility index (Phi) is 13.2. The average molecular weight is 812 g/mol. The van der Waals surface area contributed by atoms with E-state index in [-0.39, 0.29) is 43.7 Å². The average Bonchev–Trinajstić information content (AvgIpc) is 4.01. The van der Waals surface area contributed by atoms with E-state index < -0.39 is 16.5 Å². The number of imidazole rings is 2. The second-order valence-electron chi connectivity index (χ2n) is 16.4.